The van der Waals surface area contributed by atoms with Gasteiger partial charge in [0.25, 0.3) is 0 Å². The van der Waals surface area contributed by atoms with E-state index in [4.69, 9.17) is 4.74 Å². The molecule has 0 bridgehead atoms. The predicted octanol–water partition coefficient (Wildman–Crippen LogP) is 1.44. The van der Waals surface area contributed by atoms with Crippen LogP contribution in [0, 0.1) is 6.92 Å². The third kappa shape index (κ3) is 3.40. The maximum Gasteiger partial charge on any atom is 0.144 e. The van der Waals surface area contributed by atoms with Crippen molar-refractivity contribution in [1.29, 1.82) is 0 Å². The van der Waals surface area contributed by atoms with Gasteiger partial charge in [0.05, 0.1) is 19.3 Å². The van der Waals surface area contributed by atoms with Crippen LogP contribution in [0.5, 0.6) is 0 Å². The van der Waals surface area contributed by atoms with E-state index in [1.807, 2.05) is 20.0 Å². The maximum absolute atomic E-state index is 5.67. The third-order valence-electron chi connectivity index (χ3n) is 3.20. The van der Waals surface area contributed by atoms with Crippen LogP contribution in [0.2, 0.25) is 0 Å². The summed E-state index contributed by atoms with van der Waals surface area (Å²) in [5.41, 5.74) is 1.00. The van der Waals surface area contributed by atoms with Gasteiger partial charge in [0.15, 0.2) is 0 Å². The predicted molar refractivity (Wildman–Crippen MR) is 71.6 cm³/mol. The molecule has 0 radical (unpaired) electrons. The van der Waals surface area contributed by atoms with Gasteiger partial charge in [-0.05, 0) is 13.3 Å². The Balaban J connectivity index is 2.02. The van der Waals surface area contributed by atoms with Gasteiger partial charge in [-0.25, -0.2) is 9.97 Å². The Morgan fingerprint density at radius 3 is 3.06 bits per heavy atom. The molecule has 1 aromatic heterocycles. The third-order valence-corrected chi connectivity index (χ3v) is 3.20. The summed E-state index contributed by atoms with van der Waals surface area (Å²) in [4.78, 5) is 11.4. The Morgan fingerprint density at radius 2 is 2.33 bits per heavy atom. The monoisotopic (exact) mass is 250 g/mol. The number of hydrogen-bond donors (Lipinski definition) is 1. The highest BCUT2D eigenvalue weighted by Gasteiger charge is 2.19. The summed E-state index contributed by atoms with van der Waals surface area (Å²) in [6.45, 7) is 7.71. The van der Waals surface area contributed by atoms with Crippen molar-refractivity contribution in [3.05, 3.63) is 17.6 Å². The van der Waals surface area contributed by atoms with Crippen molar-refractivity contribution < 1.29 is 4.74 Å². The SMILES string of the molecule is CCC1CN(Cc2nc(C)cc(NC)n2)CCO1. The lowest BCUT2D eigenvalue weighted by atomic mass is 10.2. The minimum atomic E-state index is 0.354. The van der Waals surface area contributed by atoms with E-state index in [0.717, 1.165) is 50.0 Å². The molecule has 0 aliphatic carbocycles. The van der Waals surface area contributed by atoms with Gasteiger partial charge in [-0.1, -0.05) is 6.92 Å². The molecule has 1 aliphatic rings. The molecule has 1 atom stereocenters. The van der Waals surface area contributed by atoms with Gasteiger partial charge >= 0.3 is 0 Å². The number of nitrogens with zero attached hydrogens (tertiary/aromatic N) is 3. The van der Waals surface area contributed by atoms with E-state index in [0.29, 0.717) is 6.10 Å². The second-order valence-corrected chi connectivity index (χ2v) is 4.70. The average molecular weight is 250 g/mol. The fraction of sp³-hybridized carbons (Fsp3) is 0.692. The molecule has 1 saturated heterocycles. The highest BCUT2D eigenvalue weighted by atomic mass is 16.5. The van der Waals surface area contributed by atoms with Gasteiger partial charge in [0.2, 0.25) is 0 Å². The zero-order chi connectivity index (χ0) is 13.0. The van der Waals surface area contributed by atoms with E-state index in [1.54, 1.807) is 0 Å². The highest BCUT2D eigenvalue weighted by molar-refractivity contribution is 5.34. The van der Waals surface area contributed by atoms with Gasteiger partial charge in [0.1, 0.15) is 11.6 Å². The largest absolute Gasteiger partial charge is 0.376 e. The molecule has 18 heavy (non-hydrogen) atoms. The lowest BCUT2D eigenvalue weighted by Crippen LogP contribution is -2.41. The Morgan fingerprint density at radius 1 is 1.50 bits per heavy atom. The fourth-order valence-corrected chi connectivity index (χ4v) is 2.20. The minimum absolute atomic E-state index is 0.354. The van der Waals surface area contributed by atoms with Crippen LogP contribution in [0.4, 0.5) is 5.82 Å². The lowest BCUT2D eigenvalue weighted by Gasteiger charge is -2.31. The van der Waals surface area contributed by atoms with Crippen molar-refractivity contribution in [2.75, 3.05) is 32.1 Å². The van der Waals surface area contributed by atoms with Gasteiger partial charge in [-0.15, -0.1) is 0 Å². The Kier molecular flexibility index (Phi) is 4.49. The molecule has 5 nitrogen and oxygen atoms in total. The highest BCUT2D eigenvalue weighted by Crippen LogP contribution is 2.12. The van der Waals surface area contributed by atoms with Gasteiger partial charge in [-0.2, -0.15) is 0 Å². The topological polar surface area (TPSA) is 50.3 Å². The molecule has 2 rings (SSSR count). The van der Waals surface area contributed by atoms with E-state index < -0.39 is 0 Å². The van der Waals surface area contributed by atoms with E-state index in [9.17, 15) is 0 Å². The molecule has 2 heterocycles. The van der Waals surface area contributed by atoms with Crippen LogP contribution in [-0.2, 0) is 11.3 Å². The molecular formula is C13H22N4O. The van der Waals surface area contributed by atoms with E-state index >= 15 is 0 Å². The summed E-state index contributed by atoms with van der Waals surface area (Å²) < 4.78 is 5.67. The number of rotatable bonds is 4. The molecule has 1 unspecified atom stereocenters. The Hall–Kier alpha value is -1.20. The van der Waals surface area contributed by atoms with Gasteiger partial charge in [0, 0.05) is 31.9 Å². The summed E-state index contributed by atoms with van der Waals surface area (Å²) in [6.07, 6.45) is 1.42. The molecule has 1 N–H and O–H groups in total. The van der Waals surface area contributed by atoms with Crippen LogP contribution < -0.4 is 5.32 Å². The van der Waals surface area contributed by atoms with E-state index in [-0.39, 0.29) is 0 Å². The van der Waals surface area contributed by atoms with Crippen LogP contribution in [0.25, 0.3) is 0 Å². The van der Waals surface area contributed by atoms with Crippen LogP contribution in [0.15, 0.2) is 6.07 Å². The van der Waals surface area contributed by atoms with Gasteiger partial charge < -0.3 is 10.1 Å². The first kappa shape index (κ1) is 13.2. The molecule has 0 saturated carbocycles. The normalized spacial score (nSPS) is 20.9. The van der Waals surface area contributed by atoms with Gasteiger partial charge in [-0.3, -0.25) is 4.90 Å². The number of aryl methyl sites for hydroxylation is 1. The summed E-state index contributed by atoms with van der Waals surface area (Å²) >= 11 is 0. The second kappa shape index (κ2) is 6.11. The summed E-state index contributed by atoms with van der Waals surface area (Å²) in [5, 5.41) is 3.07. The molecule has 5 heteroatoms. The lowest BCUT2D eigenvalue weighted by molar-refractivity contribution is -0.0332. The Labute approximate surface area is 109 Å². The first-order valence-corrected chi connectivity index (χ1v) is 6.57. The molecule has 1 aliphatic heterocycles. The van der Waals surface area contributed by atoms with Crippen molar-refractivity contribution in [3.63, 3.8) is 0 Å². The number of hydrogen-bond acceptors (Lipinski definition) is 5. The summed E-state index contributed by atoms with van der Waals surface area (Å²) in [5.74, 6) is 1.77. The zero-order valence-corrected chi connectivity index (χ0v) is 11.4. The maximum atomic E-state index is 5.67. The second-order valence-electron chi connectivity index (χ2n) is 4.70. The zero-order valence-electron chi connectivity index (χ0n) is 11.4. The van der Waals surface area contributed by atoms with Crippen LogP contribution in [0.3, 0.4) is 0 Å². The van der Waals surface area contributed by atoms with E-state index in [2.05, 4.69) is 27.1 Å². The molecule has 0 spiro atoms. The average Bonchev–Trinajstić information content (AvgIpc) is 2.38. The first-order valence-electron chi connectivity index (χ1n) is 6.57. The van der Waals surface area contributed by atoms with Crippen LogP contribution in [0.1, 0.15) is 24.9 Å². The van der Waals surface area contributed by atoms with Crippen molar-refractivity contribution in [3.8, 4) is 0 Å². The smallest absolute Gasteiger partial charge is 0.144 e. The fourth-order valence-electron chi connectivity index (χ4n) is 2.20. The molecule has 0 aromatic carbocycles. The number of morpholine rings is 1. The standard InChI is InChI=1S/C13H22N4O/c1-4-11-8-17(5-6-18-11)9-13-15-10(2)7-12(14-3)16-13/h7,11H,4-6,8-9H2,1-3H3,(H,14,15,16). The molecule has 1 fully saturated rings. The summed E-state index contributed by atoms with van der Waals surface area (Å²) in [7, 11) is 1.88. The number of anilines is 1. The Bertz CT molecular complexity index is 397. The number of aromatic nitrogens is 2. The molecule has 1 aromatic rings. The molecule has 0 amide bonds. The van der Waals surface area contributed by atoms with E-state index in [1.165, 1.54) is 0 Å². The van der Waals surface area contributed by atoms with Crippen molar-refractivity contribution >= 4 is 5.82 Å². The number of ether oxygens (including phenoxy) is 1. The first-order chi connectivity index (χ1) is 8.71. The minimum Gasteiger partial charge on any atom is -0.376 e. The van der Waals surface area contributed by atoms with Crippen molar-refractivity contribution in [2.24, 2.45) is 0 Å². The van der Waals surface area contributed by atoms with Crippen LogP contribution in [-0.4, -0.2) is 47.7 Å². The van der Waals surface area contributed by atoms with Crippen molar-refractivity contribution in [2.45, 2.75) is 32.9 Å². The molecule has 100 valence electrons. The summed E-state index contributed by atoms with van der Waals surface area (Å²) in [6, 6.07) is 1.96. The van der Waals surface area contributed by atoms with Crippen molar-refractivity contribution in [1.82, 2.24) is 14.9 Å². The molecular weight excluding hydrogens is 228 g/mol. The number of nitrogens with one attached hydrogen (secondary N) is 1. The van der Waals surface area contributed by atoms with Crippen LogP contribution >= 0.6 is 0 Å². The quantitative estimate of drug-likeness (QED) is 0.876.